The summed E-state index contributed by atoms with van der Waals surface area (Å²) < 4.78 is 10.7. The van der Waals surface area contributed by atoms with Crippen LogP contribution in [0.5, 0.6) is 11.5 Å². The molecule has 1 heterocycles. The Hall–Kier alpha value is -1.75. The van der Waals surface area contributed by atoms with Gasteiger partial charge in [0, 0.05) is 25.2 Å². The van der Waals surface area contributed by atoms with E-state index in [1.807, 2.05) is 14.0 Å². The molecule has 1 aromatic rings. The maximum atomic E-state index is 12.5. The Labute approximate surface area is 119 Å². The van der Waals surface area contributed by atoms with Crippen LogP contribution in [-0.2, 0) is 0 Å². The van der Waals surface area contributed by atoms with E-state index in [-0.39, 0.29) is 11.9 Å². The standard InChI is InChI=1S/C15H22N2O3/c1-4-20-13-6-5-11(9-14(13)19-3)15(18)17(2)12-7-8-16-10-12/h5-6,9,12,16H,4,7-8,10H2,1-3H3. The van der Waals surface area contributed by atoms with Gasteiger partial charge >= 0.3 is 0 Å². The molecule has 110 valence electrons. The van der Waals surface area contributed by atoms with Gasteiger partial charge in [-0.3, -0.25) is 4.79 Å². The fraction of sp³-hybridized carbons (Fsp3) is 0.533. The van der Waals surface area contributed by atoms with Crippen molar-refractivity contribution in [2.45, 2.75) is 19.4 Å². The zero-order chi connectivity index (χ0) is 14.5. The van der Waals surface area contributed by atoms with Gasteiger partial charge in [-0.2, -0.15) is 0 Å². The lowest BCUT2D eigenvalue weighted by Crippen LogP contribution is -2.38. The van der Waals surface area contributed by atoms with E-state index >= 15 is 0 Å². The van der Waals surface area contributed by atoms with Gasteiger partial charge in [-0.15, -0.1) is 0 Å². The molecule has 1 unspecified atom stereocenters. The molecule has 0 saturated carbocycles. The quantitative estimate of drug-likeness (QED) is 0.887. The molecule has 1 atom stereocenters. The number of ether oxygens (including phenoxy) is 2. The minimum atomic E-state index is 0.0139. The maximum absolute atomic E-state index is 12.5. The molecule has 20 heavy (non-hydrogen) atoms. The van der Waals surface area contributed by atoms with Gasteiger partial charge in [-0.1, -0.05) is 0 Å². The highest BCUT2D eigenvalue weighted by Gasteiger charge is 2.24. The summed E-state index contributed by atoms with van der Waals surface area (Å²) >= 11 is 0. The molecule has 2 rings (SSSR count). The number of likely N-dealkylation sites (N-methyl/N-ethyl adjacent to an activating group) is 1. The van der Waals surface area contributed by atoms with Crippen molar-refractivity contribution in [3.63, 3.8) is 0 Å². The minimum Gasteiger partial charge on any atom is -0.493 e. The number of carbonyl (C=O) groups is 1. The van der Waals surface area contributed by atoms with E-state index < -0.39 is 0 Å². The summed E-state index contributed by atoms with van der Waals surface area (Å²) in [6.45, 7) is 4.31. The summed E-state index contributed by atoms with van der Waals surface area (Å²) in [4.78, 5) is 14.3. The van der Waals surface area contributed by atoms with Crippen LogP contribution in [0.3, 0.4) is 0 Å². The van der Waals surface area contributed by atoms with Crippen LogP contribution in [0.15, 0.2) is 18.2 Å². The number of methoxy groups -OCH3 is 1. The number of hydrogen-bond acceptors (Lipinski definition) is 4. The van der Waals surface area contributed by atoms with Crippen LogP contribution in [0.25, 0.3) is 0 Å². The van der Waals surface area contributed by atoms with Gasteiger partial charge in [0.1, 0.15) is 0 Å². The SMILES string of the molecule is CCOc1ccc(C(=O)N(C)C2CCNC2)cc1OC. The van der Waals surface area contributed by atoms with Crippen molar-refractivity contribution in [1.29, 1.82) is 0 Å². The normalized spacial score (nSPS) is 17.9. The first-order chi connectivity index (χ1) is 9.67. The number of nitrogens with zero attached hydrogens (tertiary/aromatic N) is 1. The van der Waals surface area contributed by atoms with E-state index in [2.05, 4.69) is 5.32 Å². The molecular weight excluding hydrogens is 256 g/mol. The molecule has 0 aliphatic carbocycles. The molecule has 0 aromatic heterocycles. The van der Waals surface area contributed by atoms with Crippen molar-refractivity contribution in [2.24, 2.45) is 0 Å². The second-order valence-corrected chi connectivity index (χ2v) is 4.86. The van der Waals surface area contributed by atoms with Crippen LogP contribution < -0.4 is 14.8 Å². The lowest BCUT2D eigenvalue weighted by atomic mass is 10.1. The predicted octanol–water partition coefficient (Wildman–Crippen LogP) is 1.53. The molecule has 0 spiro atoms. The first-order valence-electron chi connectivity index (χ1n) is 6.96. The second kappa shape index (κ2) is 6.61. The van der Waals surface area contributed by atoms with Crippen LogP contribution in [0.4, 0.5) is 0 Å². The number of carbonyl (C=O) groups excluding carboxylic acids is 1. The molecule has 1 N–H and O–H groups in total. The van der Waals surface area contributed by atoms with Crippen molar-refractivity contribution in [2.75, 3.05) is 33.9 Å². The molecule has 5 heteroatoms. The Morgan fingerprint density at radius 3 is 2.85 bits per heavy atom. The highest BCUT2D eigenvalue weighted by atomic mass is 16.5. The highest BCUT2D eigenvalue weighted by Crippen LogP contribution is 2.28. The fourth-order valence-corrected chi connectivity index (χ4v) is 2.41. The van der Waals surface area contributed by atoms with E-state index in [1.165, 1.54) is 0 Å². The highest BCUT2D eigenvalue weighted by molar-refractivity contribution is 5.95. The summed E-state index contributed by atoms with van der Waals surface area (Å²) in [6, 6.07) is 5.58. The van der Waals surface area contributed by atoms with Gasteiger partial charge < -0.3 is 19.7 Å². The largest absolute Gasteiger partial charge is 0.493 e. The van der Waals surface area contributed by atoms with Gasteiger partial charge in [0.25, 0.3) is 5.91 Å². The van der Waals surface area contributed by atoms with Crippen molar-refractivity contribution >= 4 is 5.91 Å². The van der Waals surface area contributed by atoms with Crippen LogP contribution in [0.2, 0.25) is 0 Å². The van der Waals surface area contributed by atoms with E-state index in [0.29, 0.717) is 23.7 Å². The molecule has 5 nitrogen and oxygen atoms in total. The first-order valence-corrected chi connectivity index (χ1v) is 6.96. The molecule has 0 radical (unpaired) electrons. The zero-order valence-corrected chi connectivity index (χ0v) is 12.3. The van der Waals surface area contributed by atoms with E-state index in [4.69, 9.17) is 9.47 Å². The molecule has 1 fully saturated rings. The lowest BCUT2D eigenvalue weighted by Gasteiger charge is -2.24. The molecular formula is C15H22N2O3. The third-order valence-electron chi connectivity index (χ3n) is 3.61. The van der Waals surface area contributed by atoms with Gasteiger partial charge in [0.15, 0.2) is 11.5 Å². The van der Waals surface area contributed by atoms with Gasteiger partial charge in [0.05, 0.1) is 13.7 Å². The van der Waals surface area contributed by atoms with Gasteiger partial charge in [-0.25, -0.2) is 0 Å². The first kappa shape index (κ1) is 14.7. The van der Waals surface area contributed by atoms with E-state index in [1.54, 1.807) is 30.2 Å². The van der Waals surface area contributed by atoms with E-state index in [9.17, 15) is 4.79 Å². The Balaban J connectivity index is 2.16. The van der Waals surface area contributed by atoms with Gasteiger partial charge in [0.2, 0.25) is 0 Å². The summed E-state index contributed by atoms with van der Waals surface area (Å²) in [5, 5.41) is 3.27. The Kier molecular flexibility index (Phi) is 4.84. The van der Waals surface area contributed by atoms with Gasteiger partial charge in [-0.05, 0) is 38.1 Å². The Bertz CT molecular complexity index is 470. The van der Waals surface area contributed by atoms with Crippen LogP contribution in [0, 0.1) is 0 Å². The number of hydrogen-bond donors (Lipinski definition) is 1. The van der Waals surface area contributed by atoms with Crippen molar-refractivity contribution < 1.29 is 14.3 Å². The number of nitrogens with one attached hydrogen (secondary N) is 1. The Morgan fingerprint density at radius 1 is 1.45 bits per heavy atom. The van der Waals surface area contributed by atoms with E-state index in [0.717, 1.165) is 19.5 Å². The molecule has 1 saturated heterocycles. The van der Waals surface area contributed by atoms with Crippen molar-refractivity contribution in [3.05, 3.63) is 23.8 Å². The molecule has 0 bridgehead atoms. The summed E-state index contributed by atoms with van der Waals surface area (Å²) in [5.41, 5.74) is 0.625. The van der Waals surface area contributed by atoms with Crippen LogP contribution in [0.1, 0.15) is 23.7 Å². The third kappa shape index (κ3) is 3.04. The van der Waals surface area contributed by atoms with Crippen LogP contribution >= 0.6 is 0 Å². The molecule has 1 aliphatic rings. The zero-order valence-electron chi connectivity index (χ0n) is 12.3. The maximum Gasteiger partial charge on any atom is 0.254 e. The predicted molar refractivity (Wildman–Crippen MR) is 77.5 cm³/mol. The second-order valence-electron chi connectivity index (χ2n) is 4.86. The third-order valence-corrected chi connectivity index (χ3v) is 3.61. The summed E-state index contributed by atoms with van der Waals surface area (Å²) in [5.74, 6) is 1.27. The average molecular weight is 278 g/mol. The summed E-state index contributed by atoms with van der Waals surface area (Å²) in [7, 11) is 3.43. The number of amides is 1. The van der Waals surface area contributed by atoms with Crippen LogP contribution in [-0.4, -0.2) is 50.7 Å². The molecule has 1 aromatic carbocycles. The Morgan fingerprint density at radius 2 is 2.25 bits per heavy atom. The monoisotopic (exact) mass is 278 g/mol. The molecule has 1 amide bonds. The number of rotatable bonds is 5. The van der Waals surface area contributed by atoms with Crippen molar-refractivity contribution in [3.8, 4) is 11.5 Å². The average Bonchev–Trinajstić information content (AvgIpc) is 3.00. The minimum absolute atomic E-state index is 0.0139. The molecule has 1 aliphatic heterocycles. The number of benzene rings is 1. The topological polar surface area (TPSA) is 50.8 Å². The fourth-order valence-electron chi connectivity index (χ4n) is 2.41. The summed E-state index contributed by atoms with van der Waals surface area (Å²) in [6.07, 6.45) is 0.996. The lowest BCUT2D eigenvalue weighted by molar-refractivity contribution is 0.0743. The smallest absolute Gasteiger partial charge is 0.254 e. The van der Waals surface area contributed by atoms with Crippen molar-refractivity contribution in [1.82, 2.24) is 10.2 Å².